The Bertz CT molecular complexity index is 1520. The first-order valence-electron chi connectivity index (χ1n) is 13.1. The Hall–Kier alpha value is -4.59. The number of nitrogens with zero attached hydrogens (tertiary/aromatic N) is 5. The van der Waals surface area contributed by atoms with Gasteiger partial charge < -0.3 is 20.3 Å². The van der Waals surface area contributed by atoms with Gasteiger partial charge in [-0.05, 0) is 54.8 Å². The number of halogens is 3. The molecule has 1 aromatic carbocycles. The van der Waals surface area contributed by atoms with Gasteiger partial charge in [-0.25, -0.2) is 4.98 Å². The summed E-state index contributed by atoms with van der Waals surface area (Å²) < 4.78 is 41.3. The van der Waals surface area contributed by atoms with Crippen LogP contribution in [-0.2, 0) is 22.4 Å². The lowest BCUT2D eigenvalue weighted by Gasteiger charge is -2.33. The predicted octanol–water partition coefficient (Wildman–Crippen LogP) is 4.97. The standard InChI is InChI=1S/C28H26F3N7O3S/c29-28(30,31)41-22-8-3-5-18(13-22)14-24(39)34-23-10-9-21(16-33-23)38-12-4-6-19(17-38)26-36-37-27(42-26)35-25(40)15-20-7-1-2-11-32-20/h1-3,5,7-11,13,16,19H,4,6,12,14-15,17H2,(H,33,34,39)(H,35,37,40). The predicted molar refractivity (Wildman–Crippen MR) is 150 cm³/mol. The quantitative estimate of drug-likeness (QED) is 0.277. The highest BCUT2D eigenvalue weighted by atomic mass is 32.1. The van der Waals surface area contributed by atoms with Crippen molar-refractivity contribution in [1.82, 2.24) is 20.2 Å². The topological polar surface area (TPSA) is 122 Å². The molecule has 0 aliphatic carbocycles. The number of hydrogen-bond acceptors (Lipinski definition) is 9. The summed E-state index contributed by atoms with van der Waals surface area (Å²) in [5.41, 5.74) is 1.92. The Morgan fingerprint density at radius 3 is 2.62 bits per heavy atom. The summed E-state index contributed by atoms with van der Waals surface area (Å²) in [6, 6.07) is 14.2. The van der Waals surface area contributed by atoms with E-state index < -0.39 is 12.3 Å². The van der Waals surface area contributed by atoms with Crippen LogP contribution in [0.1, 0.15) is 35.0 Å². The second-order valence-electron chi connectivity index (χ2n) is 9.60. The Morgan fingerprint density at radius 2 is 1.86 bits per heavy atom. The number of carbonyl (C=O) groups excluding carboxylic acids is 2. The van der Waals surface area contributed by atoms with Crippen molar-refractivity contribution in [3.63, 3.8) is 0 Å². The molecule has 1 aliphatic heterocycles. The minimum Gasteiger partial charge on any atom is -0.406 e. The molecule has 1 fully saturated rings. The van der Waals surface area contributed by atoms with Crippen LogP contribution in [0.15, 0.2) is 67.0 Å². The van der Waals surface area contributed by atoms with Gasteiger partial charge in [0, 0.05) is 30.9 Å². The average Bonchev–Trinajstić information content (AvgIpc) is 3.41. The summed E-state index contributed by atoms with van der Waals surface area (Å²) in [6.07, 6.45) is 0.383. The van der Waals surface area contributed by atoms with Crippen LogP contribution in [0.4, 0.5) is 29.8 Å². The molecular formula is C28H26F3N7O3S. The van der Waals surface area contributed by atoms with Crippen LogP contribution in [0.3, 0.4) is 0 Å². The molecule has 0 radical (unpaired) electrons. The largest absolute Gasteiger partial charge is 0.573 e. The van der Waals surface area contributed by atoms with Crippen molar-refractivity contribution in [2.75, 3.05) is 28.6 Å². The molecule has 3 aromatic heterocycles. The monoisotopic (exact) mass is 597 g/mol. The SMILES string of the molecule is O=C(Cc1cccc(OC(F)(F)F)c1)Nc1ccc(N2CCCC(c3nnc(NC(=O)Cc4ccccn4)s3)C2)cn1. The fourth-order valence-corrected chi connectivity index (χ4v) is 5.45. The van der Waals surface area contributed by atoms with Gasteiger partial charge >= 0.3 is 6.36 Å². The van der Waals surface area contributed by atoms with Gasteiger partial charge in [0.25, 0.3) is 0 Å². The van der Waals surface area contributed by atoms with Crippen LogP contribution in [0.25, 0.3) is 0 Å². The fourth-order valence-electron chi connectivity index (χ4n) is 4.57. The van der Waals surface area contributed by atoms with Gasteiger partial charge in [-0.2, -0.15) is 0 Å². The first-order chi connectivity index (χ1) is 20.2. The van der Waals surface area contributed by atoms with E-state index in [4.69, 9.17) is 0 Å². The molecule has 1 unspecified atom stereocenters. The molecule has 14 heteroatoms. The number of pyridine rings is 2. The Labute approximate surface area is 243 Å². The van der Waals surface area contributed by atoms with Crippen molar-refractivity contribution in [2.24, 2.45) is 0 Å². The molecule has 2 N–H and O–H groups in total. The highest BCUT2D eigenvalue weighted by Crippen LogP contribution is 2.33. The Balaban J connectivity index is 1.13. The zero-order chi connectivity index (χ0) is 29.5. The zero-order valence-electron chi connectivity index (χ0n) is 22.2. The van der Waals surface area contributed by atoms with E-state index in [0.717, 1.165) is 30.1 Å². The van der Waals surface area contributed by atoms with Crippen molar-refractivity contribution in [1.29, 1.82) is 0 Å². The molecule has 5 rings (SSSR count). The highest BCUT2D eigenvalue weighted by Gasteiger charge is 2.31. The lowest BCUT2D eigenvalue weighted by atomic mass is 9.98. The van der Waals surface area contributed by atoms with E-state index in [1.807, 2.05) is 12.1 Å². The molecular weight excluding hydrogens is 571 g/mol. The fraction of sp³-hybridized carbons (Fsp3) is 0.286. The van der Waals surface area contributed by atoms with Crippen LogP contribution in [0.2, 0.25) is 0 Å². The maximum atomic E-state index is 12.5. The number of aromatic nitrogens is 4. The third-order valence-electron chi connectivity index (χ3n) is 6.40. The maximum Gasteiger partial charge on any atom is 0.573 e. The molecule has 1 aliphatic rings. The van der Waals surface area contributed by atoms with Crippen LogP contribution < -0.4 is 20.3 Å². The maximum absolute atomic E-state index is 12.5. The van der Waals surface area contributed by atoms with Crippen molar-refractivity contribution in [3.8, 4) is 5.75 Å². The number of anilines is 3. The van der Waals surface area contributed by atoms with Crippen LogP contribution in [-0.4, -0.2) is 51.4 Å². The number of benzene rings is 1. The van der Waals surface area contributed by atoms with Gasteiger partial charge in [0.1, 0.15) is 16.6 Å². The van der Waals surface area contributed by atoms with Crippen molar-refractivity contribution in [3.05, 3.63) is 83.3 Å². The van der Waals surface area contributed by atoms with E-state index in [2.05, 4.69) is 40.4 Å². The summed E-state index contributed by atoms with van der Waals surface area (Å²) in [5.74, 6) is -0.546. The van der Waals surface area contributed by atoms with Crippen LogP contribution in [0, 0.1) is 0 Å². The first kappa shape index (κ1) is 28.9. The number of piperidine rings is 1. The number of alkyl halides is 3. The molecule has 2 amide bonds. The summed E-state index contributed by atoms with van der Waals surface area (Å²) in [6.45, 7) is 1.52. The van der Waals surface area contributed by atoms with Gasteiger partial charge in [-0.3, -0.25) is 14.6 Å². The third-order valence-corrected chi connectivity index (χ3v) is 7.40. The molecule has 1 atom stereocenters. The first-order valence-corrected chi connectivity index (χ1v) is 13.9. The summed E-state index contributed by atoms with van der Waals surface area (Å²) in [7, 11) is 0. The molecule has 218 valence electrons. The van der Waals surface area contributed by atoms with Crippen molar-refractivity contribution in [2.45, 2.75) is 38.0 Å². The van der Waals surface area contributed by atoms with E-state index in [1.54, 1.807) is 36.7 Å². The molecule has 10 nitrogen and oxygen atoms in total. The number of amides is 2. The van der Waals surface area contributed by atoms with Crippen LogP contribution in [0.5, 0.6) is 5.75 Å². The van der Waals surface area contributed by atoms with Gasteiger partial charge in [-0.1, -0.05) is 29.5 Å². The molecule has 1 saturated heterocycles. The van der Waals surface area contributed by atoms with Gasteiger partial charge in [0.05, 0.1) is 24.7 Å². The zero-order valence-corrected chi connectivity index (χ0v) is 23.0. The van der Waals surface area contributed by atoms with Gasteiger partial charge in [0.15, 0.2) is 0 Å². The minimum atomic E-state index is -4.81. The summed E-state index contributed by atoms with van der Waals surface area (Å²) in [5, 5.41) is 15.2. The van der Waals surface area contributed by atoms with Crippen molar-refractivity contribution >= 4 is 39.8 Å². The molecule has 0 bridgehead atoms. The molecule has 4 heterocycles. The van der Waals surface area contributed by atoms with E-state index in [9.17, 15) is 22.8 Å². The molecule has 0 saturated carbocycles. The van der Waals surface area contributed by atoms with E-state index in [0.29, 0.717) is 28.8 Å². The highest BCUT2D eigenvalue weighted by molar-refractivity contribution is 7.15. The number of ether oxygens (including phenoxy) is 1. The van der Waals surface area contributed by atoms with Gasteiger partial charge in [-0.15, -0.1) is 23.4 Å². The van der Waals surface area contributed by atoms with E-state index in [-0.39, 0.29) is 30.4 Å². The van der Waals surface area contributed by atoms with E-state index in [1.165, 1.54) is 29.5 Å². The number of hydrogen-bond donors (Lipinski definition) is 2. The average molecular weight is 598 g/mol. The van der Waals surface area contributed by atoms with Crippen LogP contribution >= 0.6 is 11.3 Å². The second kappa shape index (κ2) is 12.9. The lowest BCUT2D eigenvalue weighted by molar-refractivity contribution is -0.274. The third kappa shape index (κ3) is 8.22. The molecule has 4 aromatic rings. The number of carbonyl (C=O) groups is 2. The summed E-state index contributed by atoms with van der Waals surface area (Å²) >= 11 is 1.36. The Morgan fingerprint density at radius 1 is 1.00 bits per heavy atom. The molecule has 0 spiro atoms. The minimum absolute atomic E-state index is 0.133. The Kier molecular flexibility index (Phi) is 8.91. The number of nitrogens with one attached hydrogen (secondary N) is 2. The lowest BCUT2D eigenvalue weighted by Crippen LogP contribution is -2.34. The number of rotatable bonds is 9. The smallest absolute Gasteiger partial charge is 0.406 e. The van der Waals surface area contributed by atoms with Gasteiger partial charge in [0.2, 0.25) is 16.9 Å². The second-order valence-corrected chi connectivity index (χ2v) is 10.6. The molecule has 42 heavy (non-hydrogen) atoms. The summed E-state index contributed by atoms with van der Waals surface area (Å²) in [4.78, 5) is 35.5. The normalized spacial score (nSPS) is 15.2. The van der Waals surface area contributed by atoms with Crippen molar-refractivity contribution < 1.29 is 27.5 Å². The van der Waals surface area contributed by atoms with E-state index >= 15 is 0 Å².